The molecule has 1 amide bonds. The summed E-state index contributed by atoms with van der Waals surface area (Å²) in [5, 5.41) is 6.38. The van der Waals surface area contributed by atoms with Gasteiger partial charge in [0.2, 0.25) is 0 Å². The molecule has 0 atom stereocenters. The number of nitrogens with zero attached hydrogens (tertiary/aromatic N) is 2. The summed E-state index contributed by atoms with van der Waals surface area (Å²) in [6.07, 6.45) is -4.68. The molecule has 0 spiro atoms. The molecule has 1 aromatic carbocycles. The zero-order valence-electron chi connectivity index (χ0n) is 18.1. The van der Waals surface area contributed by atoms with Gasteiger partial charge in [-0.1, -0.05) is 24.3 Å². The molecule has 0 radical (unpaired) electrons. The third-order valence-electron chi connectivity index (χ3n) is 4.08. The van der Waals surface area contributed by atoms with Crippen molar-refractivity contribution >= 4 is 36.0 Å². The fourth-order valence-corrected chi connectivity index (χ4v) is 2.73. The summed E-state index contributed by atoms with van der Waals surface area (Å²) < 4.78 is 46.6. The van der Waals surface area contributed by atoms with Gasteiger partial charge < -0.3 is 25.0 Å². The molecule has 31 heavy (non-hydrogen) atoms. The Morgan fingerprint density at radius 1 is 1.23 bits per heavy atom. The number of guanidine groups is 1. The van der Waals surface area contributed by atoms with E-state index in [0.29, 0.717) is 31.2 Å². The summed E-state index contributed by atoms with van der Waals surface area (Å²) in [5.74, 6) is 0.572. The Labute approximate surface area is 197 Å². The third kappa shape index (κ3) is 10.4. The SMILES string of the molecule is CN=C(NCc1cccc(COCC(F)(F)F)c1)NC1CN(C(=O)OC(C)(C)C)C1.I. The van der Waals surface area contributed by atoms with Crippen molar-refractivity contribution in [3.05, 3.63) is 35.4 Å². The second-order valence-electron chi connectivity index (χ2n) is 8.08. The Kier molecular flexibility index (Phi) is 10.3. The minimum absolute atomic E-state index is 0. The van der Waals surface area contributed by atoms with Crippen molar-refractivity contribution in [2.75, 3.05) is 26.7 Å². The lowest BCUT2D eigenvalue weighted by atomic mass is 10.1. The highest BCUT2D eigenvalue weighted by Crippen LogP contribution is 2.17. The normalized spacial score (nSPS) is 15.1. The van der Waals surface area contributed by atoms with Crippen molar-refractivity contribution in [3.8, 4) is 0 Å². The van der Waals surface area contributed by atoms with Gasteiger partial charge in [0.25, 0.3) is 0 Å². The number of aliphatic imine (C=N–C) groups is 1. The minimum atomic E-state index is -4.34. The minimum Gasteiger partial charge on any atom is -0.444 e. The average molecular weight is 558 g/mol. The van der Waals surface area contributed by atoms with E-state index in [4.69, 9.17) is 9.47 Å². The highest BCUT2D eigenvalue weighted by atomic mass is 127. The summed E-state index contributed by atoms with van der Waals surface area (Å²) in [7, 11) is 1.64. The van der Waals surface area contributed by atoms with Crippen molar-refractivity contribution in [2.24, 2.45) is 4.99 Å². The van der Waals surface area contributed by atoms with Gasteiger partial charge in [0.1, 0.15) is 12.2 Å². The average Bonchev–Trinajstić information content (AvgIpc) is 2.57. The molecule has 0 saturated carbocycles. The van der Waals surface area contributed by atoms with E-state index < -0.39 is 18.4 Å². The van der Waals surface area contributed by atoms with Gasteiger partial charge in [0.05, 0.1) is 12.6 Å². The van der Waals surface area contributed by atoms with Gasteiger partial charge in [-0.15, -0.1) is 24.0 Å². The highest BCUT2D eigenvalue weighted by Gasteiger charge is 2.34. The standard InChI is InChI=1S/C20H29F3N4O3.HI/c1-19(2,3)30-18(28)27-10-16(11-27)26-17(24-4)25-9-14-6-5-7-15(8-14)12-29-13-20(21,22)23;/h5-8,16H,9-13H2,1-4H3,(H2,24,25,26);1H. The molecule has 7 nitrogen and oxygen atoms in total. The molecule has 0 aromatic heterocycles. The Morgan fingerprint density at radius 2 is 1.87 bits per heavy atom. The molecule has 2 rings (SSSR count). The highest BCUT2D eigenvalue weighted by molar-refractivity contribution is 14.0. The molecule has 1 fully saturated rings. The number of benzene rings is 1. The van der Waals surface area contributed by atoms with Crippen LogP contribution in [0.4, 0.5) is 18.0 Å². The first-order valence-corrected chi connectivity index (χ1v) is 9.62. The summed E-state index contributed by atoms with van der Waals surface area (Å²) in [5.41, 5.74) is 1.02. The molecular weight excluding hydrogens is 528 g/mol. The molecule has 0 bridgehead atoms. The molecule has 11 heteroatoms. The van der Waals surface area contributed by atoms with Crippen LogP contribution in [-0.4, -0.2) is 61.5 Å². The molecular formula is C20H30F3IN4O3. The molecule has 0 unspecified atom stereocenters. The van der Waals surface area contributed by atoms with Gasteiger partial charge in [0.15, 0.2) is 5.96 Å². The predicted octanol–water partition coefficient (Wildman–Crippen LogP) is 3.67. The largest absolute Gasteiger partial charge is 0.444 e. The van der Waals surface area contributed by atoms with E-state index >= 15 is 0 Å². The fraction of sp³-hybridized carbons (Fsp3) is 0.600. The molecule has 1 aromatic rings. The summed E-state index contributed by atoms with van der Waals surface area (Å²) in [6, 6.07) is 7.19. The maximum atomic E-state index is 12.2. The monoisotopic (exact) mass is 558 g/mol. The first-order valence-electron chi connectivity index (χ1n) is 9.62. The van der Waals surface area contributed by atoms with Crippen molar-refractivity contribution in [1.82, 2.24) is 15.5 Å². The van der Waals surface area contributed by atoms with Crippen LogP contribution in [0, 0.1) is 0 Å². The van der Waals surface area contributed by atoms with Crippen molar-refractivity contribution in [1.29, 1.82) is 0 Å². The van der Waals surface area contributed by atoms with Gasteiger partial charge in [0, 0.05) is 26.7 Å². The van der Waals surface area contributed by atoms with Crippen LogP contribution in [0.15, 0.2) is 29.3 Å². The molecule has 2 N–H and O–H groups in total. The molecule has 1 aliphatic rings. The lowest BCUT2D eigenvalue weighted by molar-refractivity contribution is -0.176. The molecule has 0 aliphatic carbocycles. The quantitative estimate of drug-likeness (QED) is 0.317. The Bertz CT molecular complexity index is 748. The molecule has 1 aliphatic heterocycles. The smallest absolute Gasteiger partial charge is 0.411 e. The third-order valence-corrected chi connectivity index (χ3v) is 4.08. The van der Waals surface area contributed by atoms with Crippen molar-refractivity contribution < 1.29 is 27.4 Å². The lowest BCUT2D eigenvalue weighted by Gasteiger charge is -2.40. The number of ether oxygens (including phenoxy) is 2. The number of rotatable bonds is 6. The zero-order valence-corrected chi connectivity index (χ0v) is 20.4. The fourth-order valence-electron chi connectivity index (χ4n) is 2.73. The number of amides is 1. The van der Waals surface area contributed by atoms with Crippen LogP contribution >= 0.6 is 24.0 Å². The van der Waals surface area contributed by atoms with E-state index in [1.54, 1.807) is 30.1 Å². The lowest BCUT2D eigenvalue weighted by Crippen LogP contribution is -2.63. The van der Waals surface area contributed by atoms with Crippen LogP contribution < -0.4 is 10.6 Å². The van der Waals surface area contributed by atoms with Gasteiger partial charge in [-0.05, 0) is 31.9 Å². The number of nitrogens with one attached hydrogen (secondary N) is 2. The number of hydrogen-bond acceptors (Lipinski definition) is 4. The van der Waals surface area contributed by atoms with E-state index in [2.05, 4.69) is 15.6 Å². The number of likely N-dealkylation sites (tertiary alicyclic amines) is 1. The number of hydrogen-bond donors (Lipinski definition) is 2. The summed E-state index contributed by atoms with van der Waals surface area (Å²) >= 11 is 0. The number of carbonyl (C=O) groups is 1. The predicted molar refractivity (Wildman–Crippen MR) is 122 cm³/mol. The van der Waals surface area contributed by atoms with Crippen LogP contribution in [-0.2, 0) is 22.6 Å². The summed E-state index contributed by atoms with van der Waals surface area (Å²) in [4.78, 5) is 17.7. The maximum absolute atomic E-state index is 12.2. The van der Waals surface area contributed by atoms with E-state index in [1.807, 2.05) is 26.8 Å². The van der Waals surface area contributed by atoms with Crippen LogP contribution in [0.25, 0.3) is 0 Å². The van der Waals surface area contributed by atoms with Crippen LogP contribution in [0.5, 0.6) is 0 Å². The van der Waals surface area contributed by atoms with Crippen LogP contribution in [0.2, 0.25) is 0 Å². The maximum Gasteiger partial charge on any atom is 0.411 e. The van der Waals surface area contributed by atoms with Gasteiger partial charge >= 0.3 is 12.3 Å². The van der Waals surface area contributed by atoms with E-state index in [1.165, 1.54) is 0 Å². The Morgan fingerprint density at radius 3 is 2.45 bits per heavy atom. The van der Waals surface area contributed by atoms with Crippen LogP contribution in [0.1, 0.15) is 31.9 Å². The van der Waals surface area contributed by atoms with E-state index in [0.717, 1.165) is 5.56 Å². The molecule has 176 valence electrons. The van der Waals surface area contributed by atoms with E-state index in [9.17, 15) is 18.0 Å². The Hall–Kier alpha value is -1.76. The molecule has 1 saturated heterocycles. The zero-order chi connectivity index (χ0) is 22.4. The topological polar surface area (TPSA) is 75.2 Å². The van der Waals surface area contributed by atoms with Gasteiger partial charge in [-0.2, -0.15) is 13.2 Å². The van der Waals surface area contributed by atoms with Crippen LogP contribution in [0.3, 0.4) is 0 Å². The van der Waals surface area contributed by atoms with Crippen molar-refractivity contribution in [2.45, 2.75) is 51.7 Å². The number of alkyl halides is 3. The molecule has 1 heterocycles. The summed E-state index contributed by atoms with van der Waals surface area (Å²) in [6.45, 7) is 5.56. The number of halogens is 4. The first kappa shape index (κ1) is 27.3. The first-order chi connectivity index (χ1) is 13.9. The second-order valence-corrected chi connectivity index (χ2v) is 8.08. The second kappa shape index (κ2) is 11.7. The van der Waals surface area contributed by atoms with E-state index in [-0.39, 0.29) is 42.7 Å². The number of carbonyl (C=O) groups excluding carboxylic acids is 1. The van der Waals surface area contributed by atoms with Gasteiger partial charge in [-0.3, -0.25) is 4.99 Å². The van der Waals surface area contributed by atoms with Crippen molar-refractivity contribution in [3.63, 3.8) is 0 Å². The Balaban J connectivity index is 0.00000480. The van der Waals surface area contributed by atoms with Gasteiger partial charge in [-0.25, -0.2) is 4.79 Å².